The van der Waals surface area contributed by atoms with E-state index in [2.05, 4.69) is 5.32 Å². The van der Waals surface area contributed by atoms with E-state index in [1.165, 1.54) is 25.1 Å². The molecule has 0 bridgehead atoms. The van der Waals surface area contributed by atoms with Crippen molar-refractivity contribution in [1.29, 1.82) is 0 Å². The number of amides is 1. The average Bonchev–Trinajstić information content (AvgIpc) is 2.45. The summed E-state index contributed by atoms with van der Waals surface area (Å²) in [6.45, 7) is 1.20. The number of hydrogen-bond donors (Lipinski definition) is 2. The predicted molar refractivity (Wildman–Crippen MR) is 83.0 cm³/mol. The molecule has 0 aliphatic carbocycles. The SMILES string of the molecule is CC1(S(C)(=O)=O)CC(=O)N(c2ccccc2[N+](=O)[O-])C(C(=O)O)N1. The van der Waals surface area contributed by atoms with E-state index < -0.39 is 49.8 Å². The van der Waals surface area contributed by atoms with Gasteiger partial charge in [0.25, 0.3) is 5.69 Å². The molecule has 1 heterocycles. The van der Waals surface area contributed by atoms with Crippen molar-refractivity contribution in [3.05, 3.63) is 34.4 Å². The number of nitro groups is 1. The van der Waals surface area contributed by atoms with E-state index in [0.29, 0.717) is 4.90 Å². The number of para-hydroxylation sites is 2. The zero-order chi connectivity index (χ0) is 18.3. The molecule has 1 aliphatic rings. The van der Waals surface area contributed by atoms with Crippen molar-refractivity contribution in [3.63, 3.8) is 0 Å². The maximum atomic E-state index is 12.5. The zero-order valence-electron chi connectivity index (χ0n) is 12.8. The molecule has 2 N–H and O–H groups in total. The first kappa shape index (κ1) is 17.8. The molecule has 0 aromatic heterocycles. The van der Waals surface area contributed by atoms with Crippen molar-refractivity contribution in [2.75, 3.05) is 11.2 Å². The highest BCUT2D eigenvalue weighted by Crippen LogP contribution is 2.34. The summed E-state index contributed by atoms with van der Waals surface area (Å²) >= 11 is 0. The van der Waals surface area contributed by atoms with E-state index in [-0.39, 0.29) is 5.69 Å². The fraction of sp³-hybridized carbons (Fsp3) is 0.385. The maximum absolute atomic E-state index is 12.5. The van der Waals surface area contributed by atoms with Crippen LogP contribution >= 0.6 is 0 Å². The number of anilines is 1. The number of nitrogens with zero attached hydrogens (tertiary/aromatic N) is 2. The van der Waals surface area contributed by atoms with Gasteiger partial charge in [0.15, 0.2) is 16.0 Å². The van der Waals surface area contributed by atoms with E-state index in [1.54, 1.807) is 0 Å². The van der Waals surface area contributed by atoms with Gasteiger partial charge in [-0.1, -0.05) is 12.1 Å². The number of aliphatic carboxylic acids is 1. The molecule has 0 radical (unpaired) electrons. The van der Waals surface area contributed by atoms with Gasteiger partial charge in [-0.05, 0) is 13.0 Å². The topological polar surface area (TPSA) is 147 Å². The van der Waals surface area contributed by atoms with E-state index >= 15 is 0 Å². The molecule has 1 amide bonds. The summed E-state index contributed by atoms with van der Waals surface area (Å²) in [4.78, 5) is 33.4. The van der Waals surface area contributed by atoms with Gasteiger partial charge < -0.3 is 5.11 Å². The van der Waals surface area contributed by atoms with Crippen LogP contribution in [0, 0.1) is 10.1 Å². The molecular weight excluding hydrogens is 342 g/mol. The average molecular weight is 357 g/mol. The second-order valence-electron chi connectivity index (χ2n) is 5.57. The minimum absolute atomic E-state index is 0.219. The normalized spacial score (nSPS) is 24.7. The molecule has 1 saturated heterocycles. The first-order valence-electron chi connectivity index (χ1n) is 6.73. The first-order valence-corrected chi connectivity index (χ1v) is 8.62. The fourth-order valence-electron chi connectivity index (χ4n) is 2.43. The smallest absolute Gasteiger partial charge is 0.342 e. The number of carboxylic acid groups (broad SMARTS) is 1. The van der Waals surface area contributed by atoms with Gasteiger partial charge >= 0.3 is 5.97 Å². The molecule has 24 heavy (non-hydrogen) atoms. The third-order valence-electron chi connectivity index (χ3n) is 3.85. The van der Waals surface area contributed by atoms with Crippen molar-refractivity contribution in [2.45, 2.75) is 24.4 Å². The first-order chi connectivity index (χ1) is 11.0. The van der Waals surface area contributed by atoms with Gasteiger partial charge in [-0.25, -0.2) is 13.2 Å². The molecule has 2 atom stereocenters. The third-order valence-corrected chi connectivity index (χ3v) is 5.75. The van der Waals surface area contributed by atoms with Crippen LogP contribution in [0.3, 0.4) is 0 Å². The Morgan fingerprint density at radius 1 is 1.46 bits per heavy atom. The summed E-state index contributed by atoms with van der Waals surface area (Å²) < 4.78 is 23.8. The second-order valence-corrected chi connectivity index (χ2v) is 8.02. The second kappa shape index (κ2) is 5.83. The van der Waals surface area contributed by atoms with E-state index in [9.17, 15) is 33.2 Å². The number of sulfone groups is 1. The Morgan fingerprint density at radius 3 is 2.54 bits per heavy atom. The molecule has 0 spiro atoms. The zero-order valence-corrected chi connectivity index (χ0v) is 13.6. The molecule has 2 rings (SSSR count). The predicted octanol–water partition coefficient (Wildman–Crippen LogP) is 0.0926. The maximum Gasteiger partial charge on any atom is 0.342 e. The van der Waals surface area contributed by atoms with Crippen molar-refractivity contribution in [1.82, 2.24) is 5.32 Å². The number of hydrogen-bond acceptors (Lipinski definition) is 7. The van der Waals surface area contributed by atoms with E-state index in [4.69, 9.17) is 0 Å². The Labute approximate surface area is 137 Å². The number of nitrogens with one attached hydrogen (secondary N) is 1. The van der Waals surface area contributed by atoms with Gasteiger partial charge in [-0.3, -0.25) is 25.1 Å². The lowest BCUT2D eigenvalue weighted by Gasteiger charge is -2.42. The number of carbonyl (C=O) groups is 2. The molecule has 0 saturated carbocycles. The number of rotatable bonds is 4. The van der Waals surface area contributed by atoms with Crippen LogP contribution in [0.5, 0.6) is 0 Å². The van der Waals surface area contributed by atoms with Gasteiger partial charge in [-0.2, -0.15) is 0 Å². The molecule has 1 aliphatic heterocycles. The Balaban J connectivity index is 2.58. The molecule has 2 unspecified atom stereocenters. The van der Waals surface area contributed by atoms with Crippen LogP contribution in [-0.4, -0.2) is 47.6 Å². The van der Waals surface area contributed by atoms with Crippen LogP contribution in [0.1, 0.15) is 13.3 Å². The van der Waals surface area contributed by atoms with Crippen LogP contribution < -0.4 is 10.2 Å². The number of carbonyl (C=O) groups excluding carboxylic acids is 1. The van der Waals surface area contributed by atoms with E-state index in [1.807, 2.05) is 0 Å². The highest BCUT2D eigenvalue weighted by molar-refractivity contribution is 7.92. The van der Waals surface area contributed by atoms with Crippen molar-refractivity contribution < 1.29 is 28.0 Å². The Kier molecular flexibility index (Phi) is 4.33. The molecule has 10 nitrogen and oxygen atoms in total. The van der Waals surface area contributed by atoms with E-state index in [0.717, 1.165) is 12.3 Å². The van der Waals surface area contributed by atoms with Crippen LogP contribution in [0.25, 0.3) is 0 Å². The summed E-state index contributed by atoms with van der Waals surface area (Å²) in [5.41, 5.74) is -0.676. The minimum Gasteiger partial charge on any atom is -0.479 e. The Bertz CT molecular complexity index is 823. The molecule has 11 heteroatoms. The minimum atomic E-state index is -3.81. The van der Waals surface area contributed by atoms with Gasteiger partial charge in [0.05, 0.1) is 11.3 Å². The highest BCUT2D eigenvalue weighted by Gasteiger charge is 2.50. The van der Waals surface area contributed by atoms with Crippen molar-refractivity contribution in [3.8, 4) is 0 Å². The van der Waals surface area contributed by atoms with Crippen molar-refractivity contribution in [2.24, 2.45) is 0 Å². The van der Waals surface area contributed by atoms with Gasteiger partial charge in [0.1, 0.15) is 10.6 Å². The summed E-state index contributed by atoms with van der Waals surface area (Å²) in [6.07, 6.45) is -1.43. The van der Waals surface area contributed by atoms with Crippen LogP contribution in [0.15, 0.2) is 24.3 Å². The molecule has 1 aromatic rings. The number of benzene rings is 1. The monoisotopic (exact) mass is 357 g/mol. The Hall–Kier alpha value is -2.53. The molecule has 1 aromatic carbocycles. The quantitative estimate of drug-likeness (QED) is 0.569. The molecular formula is C13H15N3O7S. The lowest BCUT2D eigenvalue weighted by Crippen LogP contribution is -2.69. The van der Waals surface area contributed by atoms with Crippen LogP contribution in [0.2, 0.25) is 0 Å². The van der Waals surface area contributed by atoms with Crippen molar-refractivity contribution >= 4 is 33.1 Å². The van der Waals surface area contributed by atoms with Gasteiger partial charge in [-0.15, -0.1) is 0 Å². The summed E-state index contributed by atoms with van der Waals surface area (Å²) in [7, 11) is -3.81. The summed E-state index contributed by atoms with van der Waals surface area (Å²) in [5.74, 6) is -2.38. The largest absolute Gasteiger partial charge is 0.479 e. The number of nitro benzene ring substituents is 1. The van der Waals surface area contributed by atoms with Gasteiger partial charge in [0, 0.05) is 12.3 Å². The molecule has 1 fully saturated rings. The third kappa shape index (κ3) is 2.95. The standard InChI is InChI=1S/C13H15N3O7S/c1-13(24(2,22)23)7-10(17)15(11(14-13)12(18)19)8-5-3-4-6-9(8)16(20)21/h3-6,11,14H,7H2,1-2H3,(H,18,19). The van der Waals surface area contributed by atoms with Gasteiger partial charge in [0.2, 0.25) is 5.91 Å². The van der Waals surface area contributed by atoms with Crippen LogP contribution in [0.4, 0.5) is 11.4 Å². The molecule has 130 valence electrons. The highest BCUT2D eigenvalue weighted by atomic mass is 32.2. The fourth-order valence-corrected chi connectivity index (χ4v) is 3.14. The Morgan fingerprint density at radius 2 is 2.04 bits per heavy atom. The lowest BCUT2D eigenvalue weighted by molar-refractivity contribution is -0.384. The lowest BCUT2D eigenvalue weighted by atomic mass is 10.1. The summed E-state index contributed by atoms with van der Waals surface area (Å²) in [5, 5.41) is 22.9. The van der Waals surface area contributed by atoms with Crippen LogP contribution in [-0.2, 0) is 19.4 Å². The summed E-state index contributed by atoms with van der Waals surface area (Å²) in [6, 6.07) is 5.15. The number of carboxylic acids is 1.